The summed E-state index contributed by atoms with van der Waals surface area (Å²) in [5.41, 5.74) is 5.59. The molecule has 2 amide bonds. The minimum absolute atomic E-state index is 0.00867. The Morgan fingerprint density at radius 1 is 0.913 bits per heavy atom. The van der Waals surface area contributed by atoms with Crippen LogP contribution in [0.15, 0.2) is 107 Å². The van der Waals surface area contributed by atoms with Crippen LogP contribution in [0, 0.1) is 10.1 Å². The molecule has 1 atom stereocenters. The predicted octanol–water partition coefficient (Wildman–Crippen LogP) is 5.55. The number of carbonyl (C=O) groups excluding carboxylic acids is 2. The highest BCUT2D eigenvalue weighted by atomic mass is 16.6. The number of piperidine rings is 1. The van der Waals surface area contributed by atoms with Crippen molar-refractivity contribution in [3.05, 3.63) is 134 Å². The zero-order chi connectivity index (χ0) is 32.7. The number of nitrogens with zero attached hydrogens (tertiary/aromatic N) is 2. The quantitative estimate of drug-likeness (QED) is 0.147. The van der Waals surface area contributed by atoms with Crippen LogP contribution < -0.4 is 16.0 Å². The van der Waals surface area contributed by atoms with E-state index in [4.69, 9.17) is 0 Å². The fraction of sp³-hybridized carbons (Fsp3) is 0.351. The number of nitro benzene ring substituents is 1. The van der Waals surface area contributed by atoms with E-state index in [1.807, 2.05) is 13.8 Å². The number of likely N-dealkylation sites (N-methyl/N-ethyl adjacent to an activating group) is 1. The third kappa shape index (κ3) is 6.74. The van der Waals surface area contributed by atoms with Crippen LogP contribution in [-0.2, 0) is 15.0 Å². The van der Waals surface area contributed by atoms with E-state index in [1.165, 1.54) is 23.3 Å². The highest BCUT2D eigenvalue weighted by molar-refractivity contribution is 6.03. The van der Waals surface area contributed by atoms with Crippen molar-refractivity contribution in [1.29, 1.82) is 0 Å². The molecule has 46 heavy (non-hydrogen) atoms. The van der Waals surface area contributed by atoms with E-state index in [0.29, 0.717) is 35.4 Å². The summed E-state index contributed by atoms with van der Waals surface area (Å²) in [4.78, 5) is 40.3. The topological polar surface area (TPSA) is 117 Å². The van der Waals surface area contributed by atoms with Gasteiger partial charge in [-0.3, -0.25) is 19.7 Å². The molecule has 2 heterocycles. The fourth-order valence-electron chi connectivity index (χ4n) is 7.02. The summed E-state index contributed by atoms with van der Waals surface area (Å²) in [6, 6.07) is 27.7. The zero-order valence-corrected chi connectivity index (χ0v) is 26.8. The van der Waals surface area contributed by atoms with Crippen LogP contribution in [0.3, 0.4) is 0 Å². The summed E-state index contributed by atoms with van der Waals surface area (Å²) in [5, 5.41) is 20.4. The molecule has 9 heteroatoms. The smallest absolute Gasteiger partial charge is 0.269 e. The molecule has 0 spiro atoms. The first-order valence-corrected chi connectivity index (χ1v) is 16.1. The summed E-state index contributed by atoms with van der Waals surface area (Å²) in [5.74, 6) is -1.21. The molecule has 2 aliphatic heterocycles. The van der Waals surface area contributed by atoms with Crippen LogP contribution in [0.1, 0.15) is 62.1 Å². The Morgan fingerprint density at radius 3 is 2.02 bits per heavy atom. The number of carbonyl (C=O) groups is 2. The highest BCUT2D eigenvalue weighted by Crippen LogP contribution is 2.42. The molecule has 240 valence electrons. The molecule has 0 radical (unpaired) electrons. The van der Waals surface area contributed by atoms with Gasteiger partial charge in [0.25, 0.3) is 5.69 Å². The Labute approximate surface area is 270 Å². The van der Waals surface area contributed by atoms with Crippen LogP contribution in [0.5, 0.6) is 0 Å². The van der Waals surface area contributed by atoms with Crippen molar-refractivity contribution < 1.29 is 14.5 Å². The number of likely N-dealkylation sites (tertiary alicyclic amines) is 1. The first-order valence-electron chi connectivity index (χ1n) is 16.1. The molecule has 3 aromatic rings. The average molecular weight is 622 g/mol. The number of amides is 2. The molecular formula is C37H43N5O4. The van der Waals surface area contributed by atoms with Gasteiger partial charge in [-0.25, -0.2) is 0 Å². The maximum atomic E-state index is 13.9. The fourth-order valence-corrected chi connectivity index (χ4v) is 7.02. The lowest BCUT2D eigenvalue weighted by molar-refractivity contribution is -0.384. The molecule has 5 rings (SSSR count). The van der Waals surface area contributed by atoms with E-state index >= 15 is 0 Å². The molecular weight excluding hydrogens is 578 g/mol. The average Bonchev–Trinajstić information content (AvgIpc) is 3.10. The Hall–Kier alpha value is -4.76. The lowest BCUT2D eigenvalue weighted by Gasteiger charge is -2.43. The van der Waals surface area contributed by atoms with Crippen LogP contribution in [0.4, 0.5) is 5.69 Å². The van der Waals surface area contributed by atoms with Crippen molar-refractivity contribution in [2.24, 2.45) is 0 Å². The SMILES string of the molecule is CCC1=C(C(=O)NCCCN2CCC(c3ccccc3)(c3ccccc3)CC2)C(c2ccc([N+](=O)[O-])cc2)C(C(=O)NC)=C(C)N1. The van der Waals surface area contributed by atoms with Gasteiger partial charge in [0.2, 0.25) is 11.8 Å². The minimum Gasteiger partial charge on any atom is -0.362 e. The Kier molecular flexibility index (Phi) is 10.3. The van der Waals surface area contributed by atoms with E-state index in [-0.39, 0.29) is 22.9 Å². The van der Waals surface area contributed by atoms with E-state index in [9.17, 15) is 19.7 Å². The standard InChI is InChI=1S/C37H43N5O4/c1-4-31-34(33(32(26(2)40-31)35(43)38-3)27-16-18-30(19-17-27)42(45)46)36(44)39-22-11-23-41-24-20-37(21-25-41,28-12-7-5-8-13-28)29-14-9-6-10-15-29/h5-10,12-19,33,40H,4,11,20-25H2,1-3H3,(H,38,43)(H,39,44). The number of nitro groups is 1. The van der Waals surface area contributed by atoms with Gasteiger partial charge < -0.3 is 20.9 Å². The van der Waals surface area contributed by atoms with E-state index < -0.39 is 10.8 Å². The maximum Gasteiger partial charge on any atom is 0.269 e. The highest BCUT2D eigenvalue weighted by Gasteiger charge is 2.38. The first kappa shape index (κ1) is 32.6. The number of hydrogen-bond acceptors (Lipinski definition) is 6. The summed E-state index contributed by atoms with van der Waals surface area (Å²) < 4.78 is 0. The maximum absolute atomic E-state index is 13.9. The molecule has 3 N–H and O–H groups in total. The summed E-state index contributed by atoms with van der Waals surface area (Å²) in [6.07, 6.45) is 3.40. The van der Waals surface area contributed by atoms with Crippen molar-refractivity contribution in [2.75, 3.05) is 33.2 Å². The molecule has 1 fully saturated rings. The van der Waals surface area contributed by atoms with E-state index in [0.717, 1.165) is 44.6 Å². The Morgan fingerprint density at radius 2 is 1.50 bits per heavy atom. The van der Waals surface area contributed by atoms with Crippen LogP contribution in [-0.4, -0.2) is 54.9 Å². The number of rotatable bonds is 11. The Bertz CT molecular complexity index is 1570. The minimum atomic E-state index is -0.664. The summed E-state index contributed by atoms with van der Waals surface area (Å²) >= 11 is 0. The van der Waals surface area contributed by atoms with Gasteiger partial charge in [-0.1, -0.05) is 79.7 Å². The van der Waals surface area contributed by atoms with Crippen molar-refractivity contribution in [3.8, 4) is 0 Å². The second-order valence-corrected chi connectivity index (χ2v) is 12.0. The molecule has 3 aromatic carbocycles. The van der Waals surface area contributed by atoms with E-state index in [2.05, 4.69) is 81.5 Å². The molecule has 0 aromatic heterocycles. The molecule has 0 aliphatic carbocycles. The molecule has 0 saturated carbocycles. The van der Waals surface area contributed by atoms with Gasteiger partial charge in [0.15, 0.2) is 0 Å². The normalized spacial score (nSPS) is 18.1. The Balaban J connectivity index is 1.26. The third-order valence-corrected chi connectivity index (χ3v) is 9.45. The number of dihydropyridines is 1. The molecule has 9 nitrogen and oxygen atoms in total. The second kappa shape index (κ2) is 14.6. The number of hydrogen-bond donors (Lipinski definition) is 3. The monoisotopic (exact) mass is 621 g/mol. The largest absolute Gasteiger partial charge is 0.362 e. The van der Waals surface area contributed by atoms with Gasteiger partial charge >= 0.3 is 0 Å². The number of benzene rings is 3. The van der Waals surface area contributed by atoms with Gasteiger partial charge in [-0.05, 0) is 68.9 Å². The van der Waals surface area contributed by atoms with Gasteiger partial charge in [-0.2, -0.15) is 0 Å². The van der Waals surface area contributed by atoms with Gasteiger partial charge in [-0.15, -0.1) is 0 Å². The van der Waals surface area contributed by atoms with Gasteiger partial charge in [0, 0.05) is 59.6 Å². The van der Waals surface area contributed by atoms with Crippen molar-refractivity contribution >= 4 is 17.5 Å². The predicted molar refractivity (Wildman–Crippen MR) is 180 cm³/mol. The molecule has 1 saturated heterocycles. The zero-order valence-electron chi connectivity index (χ0n) is 26.8. The number of nitrogens with one attached hydrogen (secondary N) is 3. The van der Waals surface area contributed by atoms with Crippen molar-refractivity contribution in [3.63, 3.8) is 0 Å². The summed E-state index contributed by atoms with van der Waals surface area (Å²) in [7, 11) is 1.55. The van der Waals surface area contributed by atoms with Gasteiger partial charge in [0.1, 0.15) is 0 Å². The number of non-ortho nitro benzene ring substituents is 1. The molecule has 0 bridgehead atoms. The summed E-state index contributed by atoms with van der Waals surface area (Å²) in [6.45, 7) is 7.07. The van der Waals surface area contributed by atoms with Crippen molar-refractivity contribution in [1.82, 2.24) is 20.9 Å². The van der Waals surface area contributed by atoms with Crippen LogP contribution in [0.2, 0.25) is 0 Å². The van der Waals surface area contributed by atoms with Crippen LogP contribution in [0.25, 0.3) is 0 Å². The molecule has 1 unspecified atom stereocenters. The second-order valence-electron chi connectivity index (χ2n) is 12.0. The lowest BCUT2D eigenvalue weighted by Crippen LogP contribution is -2.44. The third-order valence-electron chi connectivity index (χ3n) is 9.45. The lowest BCUT2D eigenvalue weighted by atomic mass is 9.68. The first-order chi connectivity index (χ1) is 22.3. The van der Waals surface area contributed by atoms with E-state index in [1.54, 1.807) is 19.2 Å². The molecule has 2 aliphatic rings. The number of allylic oxidation sites excluding steroid dienone is 2. The van der Waals surface area contributed by atoms with Crippen molar-refractivity contribution in [2.45, 2.75) is 50.9 Å². The van der Waals surface area contributed by atoms with Crippen LogP contribution >= 0.6 is 0 Å². The van der Waals surface area contributed by atoms with Gasteiger partial charge in [0.05, 0.1) is 4.92 Å².